The van der Waals surface area contributed by atoms with Crippen molar-refractivity contribution < 1.29 is 9.59 Å². The summed E-state index contributed by atoms with van der Waals surface area (Å²) in [5.74, 6) is -0.404. The molecular formula is C22H27N5O2. The predicted molar refractivity (Wildman–Crippen MR) is 113 cm³/mol. The number of nitrogens with one attached hydrogen (secondary N) is 2. The van der Waals surface area contributed by atoms with E-state index in [2.05, 4.69) is 20.5 Å². The lowest BCUT2D eigenvalue weighted by atomic mass is 10.1. The number of hydrogen-bond acceptors (Lipinski definition) is 4. The fraction of sp³-hybridized carbons (Fsp3) is 0.318. The summed E-state index contributed by atoms with van der Waals surface area (Å²) in [6, 6.07) is 15.0. The van der Waals surface area contributed by atoms with Gasteiger partial charge in [0.05, 0.1) is 11.6 Å². The number of nitrogens with zero attached hydrogens (tertiary/aromatic N) is 3. The summed E-state index contributed by atoms with van der Waals surface area (Å²) in [6.45, 7) is 3.35. The van der Waals surface area contributed by atoms with Crippen molar-refractivity contribution in [2.24, 2.45) is 0 Å². The van der Waals surface area contributed by atoms with Crippen molar-refractivity contribution in [3.63, 3.8) is 0 Å². The van der Waals surface area contributed by atoms with Crippen molar-refractivity contribution in [1.29, 1.82) is 0 Å². The molecule has 1 unspecified atom stereocenters. The fourth-order valence-electron chi connectivity index (χ4n) is 3.13. The van der Waals surface area contributed by atoms with Gasteiger partial charge in [-0.25, -0.2) is 4.98 Å². The first-order valence-corrected chi connectivity index (χ1v) is 9.73. The zero-order valence-corrected chi connectivity index (χ0v) is 17.1. The van der Waals surface area contributed by atoms with Crippen LogP contribution in [0.25, 0.3) is 5.52 Å². The minimum Gasteiger partial charge on any atom is -0.351 e. The Bertz CT molecular complexity index is 981. The van der Waals surface area contributed by atoms with Crippen LogP contribution in [0.4, 0.5) is 0 Å². The second-order valence-corrected chi connectivity index (χ2v) is 7.26. The van der Waals surface area contributed by atoms with Gasteiger partial charge in [0.15, 0.2) is 5.69 Å². The Morgan fingerprint density at radius 2 is 1.79 bits per heavy atom. The highest BCUT2D eigenvalue weighted by Crippen LogP contribution is 2.16. The Morgan fingerprint density at radius 1 is 1.07 bits per heavy atom. The summed E-state index contributed by atoms with van der Waals surface area (Å²) in [4.78, 5) is 32.0. The van der Waals surface area contributed by atoms with Gasteiger partial charge in [-0.2, -0.15) is 0 Å². The number of rotatable bonds is 8. The van der Waals surface area contributed by atoms with Gasteiger partial charge in [-0.15, -0.1) is 0 Å². The van der Waals surface area contributed by atoms with Crippen molar-refractivity contribution in [2.75, 3.05) is 27.2 Å². The van der Waals surface area contributed by atoms with Gasteiger partial charge in [-0.1, -0.05) is 36.4 Å². The van der Waals surface area contributed by atoms with Crippen molar-refractivity contribution in [3.05, 3.63) is 71.8 Å². The summed E-state index contributed by atoms with van der Waals surface area (Å²) < 4.78 is 1.65. The molecule has 3 rings (SSSR count). The topological polar surface area (TPSA) is 78.7 Å². The third-order valence-electron chi connectivity index (χ3n) is 4.68. The Balaban J connectivity index is 1.78. The summed E-state index contributed by atoms with van der Waals surface area (Å²) in [5, 5.41) is 5.85. The van der Waals surface area contributed by atoms with Gasteiger partial charge in [-0.05, 0) is 51.7 Å². The van der Waals surface area contributed by atoms with Gasteiger partial charge in [-0.3, -0.25) is 14.0 Å². The SMILES string of the molecule is CC(NC(=O)c1nc(C(=O)NCCCN(C)C)c2ccccn12)c1ccccc1. The van der Waals surface area contributed by atoms with Crippen molar-refractivity contribution in [1.82, 2.24) is 24.9 Å². The van der Waals surface area contributed by atoms with E-state index >= 15 is 0 Å². The quantitative estimate of drug-likeness (QED) is 0.577. The molecule has 152 valence electrons. The molecule has 0 saturated carbocycles. The van der Waals surface area contributed by atoms with Gasteiger partial charge in [0, 0.05) is 12.7 Å². The molecule has 0 fully saturated rings. The van der Waals surface area contributed by atoms with Crippen molar-refractivity contribution >= 4 is 17.3 Å². The minimum absolute atomic E-state index is 0.178. The van der Waals surface area contributed by atoms with Gasteiger partial charge >= 0.3 is 0 Å². The first kappa shape index (κ1) is 20.5. The molecule has 3 aromatic rings. The highest BCUT2D eigenvalue weighted by atomic mass is 16.2. The van der Waals surface area contributed by atoms with E-state index in [0.29, 0.717) is 12.1 Å². The van der Waals surface area contributed by atoms with E-state index in [-0.39, 0.29) is 29.4 Å². The molecule has 1 atom stereocenters. The molecule has 2 heterocycles. The normalized spacial score (nSPS) is 12.1. The summed E-state index contributed by atoms with van der Waals surface area (Å²) >= 11 is 0. The van der Waals surface area contributed by atoms with Crippen LogP contribution in [0.15, 0.2) is 54.7 Å². The molecule has 29 heavy (non-hydrogen) atoms. The van der Waals surface area contributed by atoms with Crippen molar-refractivity contribution in [2.45, 2.75) is 19.4 Å². The number of fused-ring (bicyclic) bond motifs is 1. The number of aromatic nitrogens is 2. The summed E-state index contributed by atoms with van der Waals surface area (Å²) in [5.41, 5.74) is 1.86. The molecule has 2 amide bonds. The largest absolute Gasteiger partial charge is 0.351 e. The van der Waals surface area contributed by atoms with E-state index in [4.69, 9.17) is 0 Å². The number of hydrogen-bond donors (Lipinski definition) is 2. The maximum absolute atomic E-state index is 12.9. The van der Waals surface area contributed by atoms with Crippen LogP contribution in [0, 0.1) is 0 Å². The van der Waals surface area contributed by atoms with E-state index in [1.807, 2.05) is 63.5 Å². The van der Waals surface area contributed by atoms with Gasteiger partial charge in [0.2, 0.25) is 5.82 Å². The highest BCUT2D eigenvalue weighted by Gasteiger charge is 2.22. The molecule has 1 aromatic carbocycles. The Hall–Kier alpha value is -3.19. The zero-order valence-electron chi connectivity index (χ0n) is 17.1. The number of amides is 2. The number of carbonyl (C=O) groups excluding carboxylic acids is 2. The second kappa shape index (κ2) is 9.34. The van der Waals surface area contributed by atoms with Crippen LogP contribution in [0.1, 0.15) is 46.1 Å². The van der Waals surface area contributed by atoms with Gasteiger partial charge in [0.1, 0.15) is 0 Å². The molecular weight excluding hydrogens is 366 g/mol. The van der Waals surface area contributed by atoms with E-state index in [1.165, 1.54) is 0 Å². The molecule has 0 aliphatic carbocycles. The average molecular weight is 393 g/mol. The first-order valence-electron chi connectivity index (χ1n) is 9.73. The lowest BCUT2D eigenvalue weighted by Gasteiger charge is -2.13. The monoisotopic (exact) mass is 393 g/mol. The van der Waals surface area contributed by atoms with Crippen molar-refractivity contribution in [3.8, 4) is 0 Å². The fourth-order valence-corrected chi connectivity index (χ4v) is 3.13. The maximum Gasteiger partial charge on any atom is 0.288 e. The van der Waals surface area contributed by atoms with Crippen LogP contribution in [-0.4, -0.2) is 53.3 Å². The van der Waals surface area contributed by atoms with Gasteiger partial charge < -0.3 is 15.5 Å². The number of carbonyl (C=O) groups is 2. The second-order valence-electron chi connectivity index (χ2n) is 7.26. The number of imidazole rings is 1. The lowest BCUT2D eigenvalue weighted by molar-refractivity contribution is 0.0928. The molecule has 7 heteroatoms. The van der Waals surface area contributed by atoms with Crippen LogP contribution in [0.2, 0.25) is 0 Å². The zero-order chi connectivity index (χ0) is 20.8. The van der Waals surface area contributed by atoms with E-state index < -0.39 is 0 Å². The first-order chi connectivity index (χ1) is 14.0. The van der Waals surface area contributed by atoms with E-state index in [0.717, 1.165) is 18.5 Å². The van der Waals surface area contributed by atoms with Crippen LogP contribution < -0.4 is 10.6 Å². The molecule has 0 spiro atoms. The number of benzene rings is 1. The molecule has 0 radical (unpaired) electrons. The van der Waals surface area contributed by atoms with E-state index in [1.54, 1.807) is 16.7 Å². The Labute approximate surface area is 170 Å². The Morgan fingerprint density at radius 3 is 2.52 bits per heavy atom. The summed E-state index contributed by atoms with van der Waals surface area (Å²) in [6.07, 6.45) is 2.58. The predicted octanol–water partition coefficient (Wildman–Crippen LogP) is 2.51. The molecule has 7 nitrogen and oxygen atoms in total. The lowest BCUT2D eigenvalue weighted by Crippen LogP contribution is -2.29. The third-order valence-corrected chi connectivity index (χ3v) is 4.68. The van der Waals surface area contributed by atoms with E-state index in [9.17, 15) is 9.59 Å². The maximum atomic E-state index is 12.9. The smallest absolute Gasteiger partial charge is 0.288 e. The average Bonchev–Trinajstić information content (AvgIpc) is 3.11. The molecule has 0 saturated heterocycles. The Kier molecular flexibility index (Phi) is 6.61. The summed E-state index contributed by atoms with van der Waals surface area (Å²) in [7, 11) is 3.98. The molecule has 0 bridgehead atoms. The molecule has 2 N–H and O–H groups in total. The molecule has 0 aliphatic heterocycles. The van der Waals surface area contributed by atoms with Crippen LogP contribution >= 0.6 is 0 Å². The highest BCUT2D eigenvalue weighted by molar-refractivity contribution is 6.02. The van der Waals surface area contributed by atoms with Crippen LogP contribution in [-0.2, 0) is 0 Å². The standard InChI is InChI=1S/C22H27N5O2/c1-16(17-10-5-4-6-11-17)24-22(29)20-25-19(18-12-7-8-15-27(18)20)21(28)23-13-9-14-26(2)3/h4-8,10-12,15-16H,9,13-14H2,1-3H3,(H,23,28)(H,24,29). The molecule has 0 aliphatic rings. The third kappa shape index (κ3) is 5.00. The number of pyridine rings is 1. The van der Waals surface area contributed by atoms with Crippen LogP contribution in [0.3, 0.4) is 0 Å². The molecule has 2 aromatic heterocycles. The minimum atomic E-state index is -0.325. The van der Waals surface area contributed by atoms with Crippen LogP contribution in [0.5, 0.6) is 0 Å². The van der Waals surface area contributed by atoms with Gasteiger partial charge in [0.25, 0.3) is 11.8 Å².